The molecule has 0 spiro atoms. The predicted octanol–water partition coefficient (Wildman–Crippen LogP) is 3.04. The predicted molar refractivity (Wildman–Crippen MR) is 116 cm³/mol. The van der Waals surface area contributed by atoms with Crippen molar-refractivity contribution in [3.05, 3.63) is 48.0 Å². The lowest BCUT2D eigenvalue weighted by atomic mass is 10.0. The summed E-state index contributed by atoms with van der Waals surface area (Å²) in [6.45, 7) is 4.96. The Labute approximate surface area is 177 Å². The van der Waals surface area contributed by atoms with E-state index in [9.17, 15) is 18.0 Å². The fourth-order valence-electron chi connectivity index (χ4n) is 2.75. The van der Waals surface area contributed by atoms with Gasteiger partial charge in [-0.05, 0) is 47.9 Å². The summed E-state index contributed by atoms with van der Waals surface area (Å²) in [5.74, 6) is -0.331. The SMILES string of the molecule is COc1ccc(C(C)C)cc1S(=O)(=O)N(C)CC(=O)Nc1ccc(NC(C)=O)cc1. The molecule has 0 aromatic heterocycles. The van der Waals surface area contributed by atoms with Gasteiger partial charge in [-0.1, -0.05) is 19.9 Å². The van der Waals surface area contributed by atoms with E-state index in [-0.39, 0.29) is 29.0 Å². The van der Waals surface area contributed by atoms with Crippen LogP contribution in [0.1, 0.15) is 32.3 Å². The van der Waals surface area contributed by atoms with Gasteiger partial charge in [-0.2, -0.15) is 4.31 Å². The maximum Gasteiger partial charge on any atom is 0.246 e. The van der Waals surface area contributed by atoms with Crippen molar-refractivity contribution in [3.8, 4) is 5.75 Å². The number of nitrogens with zero attached hydrogens (tertiary/aromatic N) is 1. The Morgan fingerprint density at radius 3 is 2.10 bits per heavy atom. The quantitative estimate of drug-likeness (QED) is 0.666. The molecule has 2 aromatic rings. The van der Waals surface area contributed by atoms with E-state index >= 15 is 0 Å². The summed E-state index contributed by atoms with van der Waals surface area (Å²) in [4.78, 5) is 23.5. The molecule has 0 saturated carbocycles. The highest BCUT2D eigenvalue weighted by atomic mass is 32.2. The second-order valence-corrected chi connectivity index (χ2v) is 9.15. The monoisotopic (exact) mass is 433 g/mol. The molecule has 0 bridgehead atoms. The Kier molecular flexibility index (Phi) is 7.58. The number of methoxy groups -OCH3 is 1. The standard InChI is InChI=1S/C21H27N3O5S/c1-14(2)16-6-11-19(29-5)20(12-16)30(27,28)24(4)13-21(26)23-18-9-7-17(8-10-18)22-15(3)25/h6-12,14H,13H2,1-5H3,(H,22,25)(H,23,26). The van der Waals surface area contributed by atoms with E-state index in [0.29, 0.717) is 11.4 Å². The number of ether oxygens (including phenoxy) is 1. The van der Waals surface area contributed by atoms with E-state index in [0.717, 1.165) is 9.87 Å². The number of hydrogen-bond acceptors (Lipinski definition) is 5. The van der Waals surface area contributed by atoms with Crippen LogP contribution < -0.4 is 15.4 Å². The molecule has 0 atom stereocenters. The Morgan fingerprint density at radius 1 is 1.03 bits per heavy atom. The summed E-state index contributed by atoms with van der Waals surface area (Å²) in [6.07, 6.45) is 0. The minimum absolute atomic E-state index is 0.0196. The molecule has 8 nitrogen and oxygen atoms in total. The molecule has 0 radical (unpaired) electrons. The maximum absolute atomic E-state index is 13.0. The van der Waals surface area contributed by atoms with E-state index in [1.54, 1.807) is 36.4 Å². The molecule has 2 N–H and O–H groups in total. The largest absolute Gasteiger partial charge is 0.495 e. The zero-order valence-electron chi connectivity index (χ0n) is 17.7. The van der Waals surface area contributed by atoms with Crippen LogP contribution in [0, 0.1) is 0 Å². The molecule has 0 fully saturated rings. The molecule has 2 rings (SSSR count). The van der Waals surface area contributed by atoms with Gasteiger partial charge in [-0.15, -0.1) is 0 Å². The van der Waals surface area contributed by atoms with Crippen molar-refractivity contribution >= 4 is 33.2 Å². The van der Waals surface area contributed by atoms with Crippen molar-refractivity contribution in [2.24, 2.45) is 0 Å². The van der Waals surface area contributed by atoms with Gasteiger partial charge >= 0.3 is 0 Å². The fourth-order valence-corrected chi connectivity index (χ4v) is 4.06. The van der Waals surface area contributed by atoms with Gasteiger partial charge < -0.3 is 15.4 Å². The van der Waals surface area contributed by atoms with Crippen LogP contribution in [0.5, 0.6) is 5.75 Å². The Balaban J connectivity index is 2.14. The van der Waals surface area contributed by atoms with Crippen LogP contribution in [-0.4, -0.2) is 45.2 Å². The molecule has 162 valence electrons. The molecule has 0 heterocycles. The molecule has 9 heteroatoms. The van der Waals surface area contributed by atoms with Gasteiger partial charge in [-0.25, -0.2) is 8.42 Å². The average Bonchev–Trinajstić information content (AvgIpc) is 2.68. The zero-order chi connectivity index (χ0) is 22.5. The molecule has 0 unspecified atom stereocenters. The molecular formula is C21H27N3O5S. The number of sulfonamides is 1. The lowest BCUT2D eigenvalue weighted by Crippen LogP contribution is -2.35. The van der Waals surface area contributed by atoms with E-state index < -0.39 is 15.9 Å². The third kappa shape index (κ3) is 5.80. The smallest absolute Gasteiger partial charge is 0.246 e. The van der Waals surface area contributed by atoms with Gasteiger partial charge in [0.15, 0.2) is 0 Å². The van der Waals surface area contributed by atoms with Gasteiger partial charge in [0.2, 0.25) is 21.8 Å². The topological polar surface area (TPSA) is 105 Å². The third-order valence-corrected chi connectivity index (χ3v) is 6.22. The highest BCUT2D eigenvalue weighted by Gasteiger charge is 2.27. The average molecular weight is 434 g/mol. The van der Waals surface area contributed by atoms with Gasteiger partial charge in [0.1, 0.15) is 10.6 Å². The molecule has 30 heavy (non-hydrogen) atoms. The summed E-state index contributed by atoms with van der Waals surface area (Å²) in [6, 6.07) is 11.5. The lowest BCUT2D eigenvalue weighted by molar-refractivity contribution is -0.116. The normalized spacial score (nSPS) is 11.4. The van der Waals surface area contributed by atoms with Crippen molar-refractivity contribution in [1.29, 1.82) is 0 Å². The van der Waals surface area contributed by atoms with Crippen molar-refractivity contribution in [3.63, 3.8) is 0 Å². The number of anilines is 2. The van der Waals surface area contributed by atoms with Crippen LogP contribution in [0.4, 0.5) is 11.4 Å². The minimum Gasteiger partial charge on any atom is -0.495 e. The number of hydrogen-bond donors (Lipinski definition) is 2. The first-order valence-corrected chi connectivity index (χ1v) is 10.8. The Bertz CT molecular complexity index is 1020. The van der Waals surface area contributed by atoms with Gasteiger partial charge in [0.05, 0.1) is 13.7 Å². The number of carbonyl (C=O) groups is 2. The number of rotatable bonds is 8. The highest BCUT2D eigenvalue weighted by Crippen LogP contribution is 2.30. The summed E-state index contributed by atoms with van der Waals surface area (Å²) in [7, 11) is -1.20. The van der Waals surface area contributed by atoms with Crippen LogP contribution in [0.2, 0.25) is 0 Å². The summed E-state index contributed by atoms with van der Waals surface area (Å²) >= 11 is 0. The molecule has 0 aliphatic heterocycles. The molecular weight excluding hydrogens is 406 g/mol. The van der Waals surface area contributed by atoms with Crippen LogP contribution in [-0.2, 0) is 19.6 Å². The van der Waals surface area contributed by atoms with Gasteiger partial charge in [0.25, 0.3) is 0 Å². The number of benzene rings is 2. The summed E-state index contributed by atoms with van der Waals surface area (Å²) in [5, 5.41) is 5.27. The fraction of sp³-hybridized carbons (Fsp3) is 0.333. The molecule has 2 amide bonds. The summed E-state index contributed by atoms with van der Waals surface area (Å²) < 4.78 is 32.3. The van der Waals surface area contributed by atoms with Gasteiger partial charge in [0, 0.05) is 25.3 Å². The maximum atomic E-state index is 13.0. The van der Waals surface area contributed by atoms with Crippen molar-refractivity contribution in [1.82, 2.24) is 4.31 Å². The van der Waals surface area contributed by atoms with Crippen LogP contribution in [0.25, 0.3) is 0 Å². The second-order valence-electron chi connectivity index (χ2n) is 7.13. The number of carbonyl (C=O) groups excluding carboxylic acids is 2. The highest BCUT2D eigenvalue weighted by molar-refractivity contribution is 7.89. The Morgan fingerprint density at radius 2 is 1.60 bits per heavy atom. The van der Waals surface area contributed by atoms with Crippen molar-refractivity contribution < 1.29 is 22.7 Å². The van der Waals surface area contributed by atoms with Gasteiger partial charge in [-0.3, -0.25) is 9.59 Å². The van der Waals surface area contributed by atoms with E-state index in [4.69, 9.17) is 4.74 Å². The minimum atomic E-state index is -3.95. The van der Waals surface area contributed by atoms with Crippen LogP contribution in [0.3, 0.4) is 0 Å². The van der Waals surface area contributed by atoms with Crippen molar-refractivity contribution in [2.75, 3.05) is 31.3 Å². The molecule has 2 aromatic carbocycles. The zero-order valence-corrected chi connectivity index (χ0v) is 18.5. The van der Waals surface area contributed by atoms with Crippen LogP contribution >= 0.6 is 0 Å². The number of likely N-dealkylation sites (N-methyl/N-ethyl adjacent to an activating group) is 1. The van der Waals surface area contributed by atoms with Crippen LogP contribution in [0.15, 0.2) is 47.4 Å². The van der Waals surface area contributed by atoms with E-state index in [1.165, 1.54) is 21.1 Å². The number of amides is 2. The van der Waals surface area contributed by atoms with E-state index in [2.05, 4.69) is 10.6 Å². The number of nitrogens with one attached hydrogen (secondary N) is 2. The van der Waals surface area contributed by atoms with E-state index in [1.807, 2.05) is 19.9 Å². The third-order valence-electron chi connectivity index (χ3n) is 4.40. The lowest BCUT2D eigenvalue weighted by Gasteiger charge is -2.20. The first-order valence-electron chi connectivity index (χ1n) is 9.36. The first kappa shape index (κ1) is 23.4. The first-order chi connectivity index (χ1) is 14.0. The Hall–Kier alpha value is -2.91. The molecule has 0 aliphatic carbocycles. The molecule has 0 saturated heterocycles. The molecule has 0 aliphatic rings. The second kappa shape index (κ2) is 9.73. The van der Waals surface area contributed by atoms with Crippen molar-refractivity contribution in [2.45, 2.75) is 31.6 Å². The summed E-state index contributed by atoms with van der Waals surface area (Å²) in [5.41, 5.74) is 1.93.